The summed E-state index contributed by atoms with van der Waals surface area (Å²) in [5, 5.41) is 12.5. The van der Waals surface area contributed by atoms with Crippen LogP contribution in [0.25, 0.3) is 0 Å². The van der Waals surface area contributed by atoms with Gasteiger partial charge in [0.2, 0.25) is 5.91 Å². The van der Waals surface area contributed by atoms with Crippen LogP contribution in [-0.4, -0.2) is 47.1 Å². The number of nitrogens with zero attached hydrogens (tertiary/aromatic N) is 1. The number of rotatable bonds is 2. The quantitative estimate of drug-likeness (QED) is 0.766. The maximum Gasteiger partial charge on any atom is 0.326 e. The SMILES string of the molecule is CC1CCCN(C(=O)C2CCCCN2)C1C(=O)O. The van der Waals surface area contributed by atoms with Crippen molar-refractivity contribution >= 4 is 11.9 Å². The number of likely N-dealkylation sites (tertiary alicyclic amines) is 1. The summed E-state index contributed by atoms with van der Waals surface area (Å²) < 4.78 is 0. The molecule has 5 heteroatoms. The van der Waals surface area contributed by atoms with Gasteiger partial charge in [-0.1, -0.05) is 13.3 Å². The molecule has 1 amide bonds. The molecule has 0 saturated carbocycles. The summed E-state index contributed by atoms with van der Waals surface area (Å²) in [4.78, 5) is 25.3. The average molecular weight is 254 g/mol. The summed E-state index contributed by atoms with van der Waals surface area (Å²) in [5.41, 5.74) is 0. The van der Waals surface area contributed by atoms with Crippen LogP contribution in [0.15, 0.2) is 0 Å². The van der Waals surface area contributed by atoms with Crippen molar-refractivity contribution in [3.8, 4) is 0 Å². The van der Waals surface area contributed by atoms with Crippen LogP contribution in [0.2, 0.25) is 0 Å². The Morgan fingerprint density at radius 2 is 2.00 bits per heavy atom. The van der Waals surface area contributed by atoms with Crippen molar-refractivity contribution in [3.05, 3.63) is 0 Å². The van der Waals surface area contributed by atoms with E-state index in [1.165, 1.54) is 0 Å². The zero-order valence-electron chi connectivity index (χ0n) is 10.9. The number of carbonyl (C=O) groups is 2. The minimum atomic E-state index is -0.869. The predicted octanol–water partition coefficient (Wildman–Crippen LogP) is 0.840. The molecule has 0 aliphatic carbocycles. The van der Waals surface area contributed by atoms with Gasteiger partial charge in [0.25, 0.3) is 0 Å². The molecule has 0 aromatic heterocycles. The van der Waals surface area contributed by atoms with Crippen LogP contribution < -0.4 is 5.32 Å². The molecule has 2 saturated heterocycles. The lowest BCUT2D eigenvalue weighted by atomic mass is 9.89. The standard InChI is InChI=1S/C13H22N2O3/c1-9-5-4-8-15(11(9)13(17)18)12(16)10-6-2-3-7-14-10/h9-11,14H,2-8H2,1H3,(H,17,18). The maximum atomic E-state index is 12.4. The smallest absolute Gasteiger partial charge is 0.326 e. The van der Waals surface area contributed by atoms with E-state index in [4.69, 9.17) is 0 Å². The normalized spacial score (nSPS) is 33.2. The fourth-order valence-corrected chi connectivity index (χ4v) is 3.07. The van der Waals surface area contributed by atoms with Gasteiger partial charge in [0.15, 0.2) is 0 Å². The van der Waals surface area contributed by atoms with Crippen molar-refractivity contribution in [1.82, 2.24) is 10.2 Å². The average Bonchev–Trinajstić information content (AvgIpc) is 2.38. The molecule has 3 unspecified atom stereocenters. The van der Waals surface area contributed by atoms with Gasteiger partial charge in [-0.25, -0.2) is 4.79 Å². The Morgan fingerprint density at radius 1 is 1.22 bits per heavy atom. The molecule has 102 valence electrons. The highest BCUT2D eigenvalue weighted by molar-refractivity contribution is 5.87. The summed E-state index contributed by atoms with van der Waals surface area (Å²) in [6, 6.07) is -0.819. The summed E-state index contributed by atoms with van der Waals surface area (Å²) in [6.07, 6.45) is 4.77. The second-order valence-electron chi connectivity index (χ2n) is 5.44. The van der Waals surface area contributed by atoms with Crippen molar-refractivity contribution in [3.63, 3.8) is 0 Å². The molecule has 2 fully saturated rings. The van der Waals surface area contributed by atoms with Crippen LogP contribution in [0.1, 0.15) is 39.0 Å². The molecule has 0 aromatic rings. The Balaban J connectivity index is 2.08. The number of nitrogens with one attached hydrogen (secondary N) is 1. The van der Waals surface area contributed by atoms with Gasteiger partial charge in [-0.15, -0.1) is 0 Å². The third kappa shape index (κ3) is 2.66. The van der Waals surface area contributed by atoms with Gasteiger partial charge in [-0.05, 0) is 38.1 Å². The van der Waals surface area contributed by atoms with Gasteiger partial charge in [-0.2, -0.15) is 0 Å². The zero-order valence-corrected chi connectivity index (χ0v) is 10.9. The first-order valence-electron chi connectivity index (χ1n) is 6.88. The molecule has 2 aliphatic rings. The number of carboxylic acids is 1. The molecule has 0 aromatic carbocycles. The lowest BCUT2D eigenvalue weighted by molar-refractivity contribution is -0.155. The fourth-order valence-electron chi connectivity index (χ4n) is 3.07. The van der Waals surface area contributed by atoms with Gasteiger partial charge in [0, 0.05) is 6.54 Å². The Bertz CT molecular complexity index is 326. The molecule has 0 radical (unpaired) electrons. The van der Waals surface area contributed by atoms with Crippen molar-refractivity contribution in [2.45, 2.75) is 51.1 Å². The zero-order chi connectivity index (χ0) is 13.1. The Morgan fingerprint density at radius 3 is 2.61 bits per heavy atom. The Hall–Kier alpha value is -1.10. The van der Waals surface area contributed by atoms with E-state index >= 15 is 0 Å². The number of carbonyl (C=O) groups excluding carboxylic acids is 1. The largest absolute Gasteiger partial charge is 0.480 e. The van der Waals surface area contributed by atoms with E-state index in [1.54, 1.807) is 4.90 Å². The molecule has 3 atom stereocenters. The van der Waals surface area contributed by atoms with Crippen LogP contribution in [-0.2, 0) is 9.59 Å². The van der Waals surface area contributed by atoms with E-state index in [9.17, 15) is 14.7 Å². The molecule has 0 bridgehead atoms. The number of hydrogen-bond acceptors (Lipinski definition) is 3. The second kappa shape index (κ2) is 5.69. The number of aliphatic carboxylic acids is 1. The Kier molecular flexibility index (Phi) is 4.22. The molecule has 0 spiro atoms. The van der Waals surface area contributed by atoms with Crippen molar-refractivity contribution in [2.24, 2.45) is 5.92 Å². The monoisotopic (exact) mass is 254 g/mol. The van der Waals surface area contributed by atoms with Crippen LogP contribution in [0.3, 0.4) is 0 Å². The van der Waals surface area contributed by atoms with Gasteiger partial charge in [0.05, 0.1) is 6.04 Å². The van der Waals surface area contributed by atoms with Crippen LogP contribution in [0, 0.1) is 5.92 Å². The molecule has 2 N–H and O–H groups in total. The maximum absolute atomic E-state index is 12.4. The van der Waals surface area contributed by atoms with Crippen molar-refractivity contribution in [2.75, 3.05) is 13.1 Å². The lowest BCUT2D eigenvalue weighted by Crippen LogP contribution is -2.57. The lowest BCUT2D eigenvalue weighted by Gasteiger charge is -2.39. The third-order valence-electron chi connectivity index (χ3n) is 4.08. The Labute approximate surface area is 108 Å². The van der Waals surface area contributed by atoms with Gasteiger partial charge >= 0.3 is 5.97 Å². The third-order valence-corrected chi connectivity index (χ3v) is 4.08. The predicted molar refractivity (Wildman–Crippen MR) is 67.2 cm³/mol. The molecular weight excluding hydrogens is 232 g/mol. The molecule has 5 nitrogen and oxygen atoms in total. The minimum Gasteiger partial charge on any atom is -0.480 e. The highest BCUT2D eigenvalue weighted by Gasteiger charge is 2.39. The molecule has 18 heavy (non-hydrogen) atoms. The van der Waals surface area contributed by atoms with E-state index < -0.39 is 12.0 Å². The van der Waals surface area contributed by atoms with Gasteiger partial charge in [-0.3, -0.25) is 4.79 Å². The van der Waals surface area contributed by atoms with E-state index in [-0.39, 0.29) is 17.9 Å². The van der Waals surface area contributed by atoms with E-state index in [0.29, 0.717) is 6.54 Å². The fraction of sp³-hybridized carbons (Fsp3) is 0.846. The molecule has 2 heterocycles. The summed E-state index contributed by atoms with van der Waals surface area (Å²) >= 11 is 0. The van der Waals surface area contributed by atoms with Crippen molar-refractivity contribution in [1.29, 1.82) is 0 Å². The molecular formula is C13H22N2O3. The number of hydrogen-bond donors (Lipinski definition) is 2. The van der Waals surface area contributed by atoms with Crippen LogP contribution in [0.4, 0.5) is 0 Å². The first kappa shape index (κ1) is 13.3. The topological polar surface area (TPSA) is 69.6 Å². The van der Waals surface area contributed by atoms with E-state index in [2.05, 4.69) is 5.32 Å². The first-order valence-corrected chi connectivity index (χ1v) is 6.88. The number of piperidine rings is 2. The highest BCUT2D eigenvalue weighted by Crippen LogP contribution is 2.25. The van der Waals surface area contributed by atoms with Gasteiger partial charge < -0.3 is 15.3 Å². The number of carboxylic acid groups (broad SMARTS) is 1. The van der Waals surface area contributed by atoms with E-state index in [1.807, 2.05) is 6.92 Å². The minimum absolute atomic E-state index is 0.0198. The number of amides is 1. The first-order chi connectivity index (χ1) is 8.61. The van der Waals surface area contributed by atoms with E-state index in [0.717, 1.165) is 38.6 Å². The highest BCUT2D eigenvalue weighted by atomic mass is 16.4. The summed E-state index contributed by atoms with van der Waals surface area (Å²) in [7, 11) is 0. The summed E-state index contributed by atoms with van der Waals surface area (Å²) in [5.74, 6) is -0.844. The molecule has 2 aliphatic heterocycles. The van der Waals surface area contributed by atoms with Crippen molar-refractivity contribution < 1.29 is 14.7 Å². The van der Waals surface area contributed by atoms with Gasteiger partial charge in [0.1, 0.15) is 6.04 Å². The second-order valence-corrected chi connectivity index (χ2v) is 5.44. The van der Waals surface area contributed by atoms with Crippen LogP contribution in [0.5, 0.6) is 0 Å². The van der Waals surface area contributed by atoms with Crippen LogP contribution >= 0.6 is 0 Å². The molecule has 2 rings (SSSR count). The summed E-state index contributed by atoms with van der Waals surface area (Å²) in [6.45, 7) is 3.36.